The summed E-state index contributed by atoms with van der Waals surface area (Å²) >= 11 is 0. The summed E-state index contributed by atoms with van der Waals surface area (Å²) in [5.41, 5.74) is -0.500. The average Bonchev–Trinajstić information content (AvgIpc) is 2.38. The lowest BCUT2D eigenvalue weighted by molar-refractivity contribution is -0.424. The molecule has 0 aromatic heterocycles. The van der Waals surface area contributed by atoms with Crippen LogP contribution in [0.25, 0.3) is 0 Å². The number of carbonyl (C=O) groups is 2. The molecule has 0 rings (SSSR count). The molecular formula is C12H16N2O6. The zero-order valence-corrected chi connectivity index (χ0v) is 11.5. The highest BCUT2D eigenvalue weighted by molar-refractivity contribution is 6.07. The minimum Gasteiger partial charge on any atom is -0.480 e. The first-order valence-electron chi connectivity index (χ1n) is 5.63. The highest BCUT2D eigenvalue weighted by Gasteiger charge is 2.20. The molecule has 0 bridgehead atoms. The lowest BCUT2D eigenvalue weighted by Gasteiger charge is -2.06. The summed E-state index contributed by atoms with van der Waals surface area (Å²) in [6.07, 6.45) is 0.419. The van der Waals surface area contributed by atoms with E-state index in [1.165, 1.54) is 14.0 Å². The maximum absolute atomic E-state index is 12.0. The van der Waals surface area contributed by atoms with E-state index >= 15 is 0 Å². The smallest absolute Gasteiger partial charge is 0.313 e. The van der Waals surface area contributed by atoms with Crippen LogP contribution in [0.5, 0.6) is 0 Å². The van der Waals surface area contributed by atoms with Gasteiger partial charge in [0.25, 0.3) is 0 Å². The molecule has 0 radical (unpaired) electrons. The average molecular weight is 284 g/mol. The molecule has 0 aliphatic heterocycles. The van der Waals surface area contributed by atoms with Crippen LogP contribution in [0.2, 0.25) is 0 Å². The van der Waals surface area contributed by atoms with Crippen molar-refractivity contribution in [2.45, 2.75) is 20.3 Å². The van der Waals surface area contributed by atoms with E-state index in [2.05, 4.69) is 16.4 Å². The van der Waals surface area contributed by atoms with Gasteiger partial charge in [0.2, 0.25) is 11.6 Å². The Morgan fingerprint density at radius 1 is 1.45 bits per heavy atom. The van der Waals surface area contributed by atoms with Gasteiger partial charge in [0, 0.05) is 13.0 Å². The van der Waals surface area contributed by atoms with Gasteiger partial charge in [-0.1, -0.05) is 0 Å². The Morgan fingerprint density at radius 3 is 2.45 bits per heavy atom. The maximum atomic E-state index is 12.0. The molecule has 0 aliphatic carbocycles. The van der Waals surface area contributed by atoms with Crippen molar-refractivity contribution >= 4 is 18.5 Å². The lowest BCUT2D eigenvalue weighted by atomic mass is 10.1. The number of ketones is 1. The summed E-state index contributed by atoms with van der Waals surface area (Å²) in [6, 6.07) is 0. The van der Waals surface area contributed by atoms with E-state index in [9.17, 15) is 19.7 Å². The number of carbonyl (C=O) groups excluding carboxylic acids is 2. The third kappa shape index (κ3) is 5.42. The van der Waals surface area contributed by atoms with Gasteiger partial charge in [0.05, 0.1) is 24.2 Å². The van der Waals surface area contributed by atoms with Crippen LogP contribution >= 0.6 is 0 Å². The van der Waals surface area contributed by atoms with Crippen molar-refractivity contribution in [1.29, 1.82) is 0 Å². The largest absolute Gasteiger partial charge is 0.480 e. The molecule has 0 aromatic carbocycles. The summed E-state index contributed by atoms with van der Waals surface area (Å²) in [7, 11) is 1.23. The fourth-order valence-corrected chi connectivity index (χ4v) is 1.22. The predicted octanol–water partition coefficient (Wildman–Crippen LogP) is 1.25. The van der Waals surface area contributed by atoms with Gasteiger partial charge in [-0.3, -0.25) is 19.7 Å². The first kappa shape index (κ1) is 17.5. The Morgan fingerprint density at radius 2 is 2.05 bits per heavy atom. The van der Waals surface area contributed by atoms with E-state index < -0.39 is 23.1 Å². The molecule has 0 saturated heterocycles. The minimum absolute atomic E-state index is 0.131. The Bertz CT molecular complexity index is 478. The van der Waals surface area contributed by atoms with Crippen LogP contribution in [0.15, 0.2) is 28.2 Å². The van der Waals surface area contributed by atoms with E-state index in [1.807, 2.05) is 0 Å². The van der Waals surface area contributed by atoms with E-state index in [0.29, 0.717) is 0 Å². The van der Waals surface area contributed by atoms with Crippen molar-refractivity contribution in [3.8, 4) is 0 Å². The van der Waals surface area contributed by atoms with Crippen molar-refractivity contribution in [2.75, 3.05) is 13.7 Å². The fraction of sp³-hybridized carbons (Fsp3) is 0.417. The molecule has 0 spiro atoms. The zero-order chi connectivity index (χ0) is 15.7. The van der Waals surface area contributed by atoms with Crippen molar-refractivity contribution in [3.05, 3.63) is 33.3 Å². The number of hydrogen-bond acceptors (Lipinski definition) is 7. The van der Waals surface area contributed by atoms with Crippen molar-refractivity contribution in [3.63, 3.8) is 0 Å². The number of allylic oxidation sites excluding steroid dienone is 3. The minimum atomic E-state index is -0.735. The topological polar surface area (TPSA) is 108 Å². The van der Waals surface area contributed by atoms with Crippen LogP contribution in [-0.4, -0.2) is 37.1 Å². The number of methoxy groups -OCH3 is 1. The number of ether oxygens (including phenoxy) is 2. The third-order valence-corrected chi connectivity index (χ3v) is 2.12. The van der Waals surface area contributed by atoms with Gasteiger partial charge < -0.3 is 9.47 Å². The van der Waals surface area contributed by atoms with Gasteiger partial charge in [-0.25, -0.2) is 4.99 Å². The van der Waals surface area contributed by atoms with Gasteiger partial charge in [-0.05, 0) is 13.6 Å². The summed E-state index contributed by atoms with van der Waals surface area (Å²) in [5, 5.41) is 10.6. The molecule has 110 valence electrons. The number of Topliss-reactive ketones (excluding diaryl/α,β-unsaturated/α-hetero) is 1. The quantitative estimate of drug-likeness (QED) is 0.0969. The number of nitro groups is 1. The Hall–Kier alpha value is -2.51. The number of nitrogens with zero attached hydrogens (tertiary/aromatic N) is 2. The highest BCUT2D eigenvalue weighted by Crippen LogP contribution is 2.14. The van der Waals surface area contributed by atoms with Crippen LogP contribution < -0.4 is 0 Å². The van der Waals surface area contributed by atoms with Crippen LogP contribution in [0.3, 0.4) is 0 Å². The van der Waals surface area contributed by atoms with Gasteiger partial charge in [0.1, 0.15) is 6.42 Å². The number of rotatable bonds is 8. The third-order valence-electron chi connectivity index (χ3n) is 2.12. The molecule has 20 heavy (non-hydrogen) atoms. The fourth-order valence-electron chi connectivity index (χ4n) is 1.22. The Balaban J connectivity index is 5.46. The Labute approximate surface area is 115 Å². The summed E-state index contributed by atoms with van der Waals surface area (Å²) in [6.45, 7) is 6.13. The van der Waals surface area contributed by atoms with Crippen LogP contribution in [0.4, 0.5) is 0 Å². The molecule has 0 atom stereocenters. The first-order chi connectivity index (χ1) is 9.37. The molecule has 0 aromatic rings. The second kappa shape index (κ2) is 8.57. The number of esters is 1. The standard InChI is InChI=1S/C12H16N2O6/c1-5-20-11(16)7-10(15)9(12(13-3)19-4)6-8(2)14(17)18/h6H,3,5,7H2,1-2,4H3/b8-6+,12-9-. The van der Waals surface area contributed by atoms with Crippen molar-refractivity contribution < 1.29 is 24.0 Å². The molecule has 8 heteroatoms. The SMILES string of the molecule is C=N/C(OC)=C(\C=C(/C)[N+](=O)[O-])C(=O)CC(=O)OCC. The van der Waals surface area contributed by atoms with E-state index in [0.717, 1.165) is 6.08 Å². The van der Waals surface area contributed by atoms with Crippen molar-refractivity contribution in [2.24, 2.45) is 4.99 Å². The summed E-state index contributed by atoms with van der Waals surface area (Å²) in [4.78, 5) is 36.6. The molecule has 0 fully saturated rings. The predicted molar refractivity (Wildman–Crippen MR) is 70.6 cm³/mol. The monoisotopic (exact) mass is 284 g/mol. The highest BCUT2D eigenvalue weighted by atomic mass is 16.6. The molecule has 0 unspecified atom stereocenters. The van der Waals surface area contributed by atoms with Crippen LogP contribution in [-0.2, 0) is 19.1 Å². The Kier molecular flexibility index (Phi) is 7.49. The van der Waals surface area contributed by atoms with Gasteiger partial charge in [-0.15, -0.1) is 0 Å². The molecule has 0 aliphatic rings. The second-order valence-corrected chi connectivity index (χ2v) is 3.53. The maximum Gasteiger partial charge on any atom is 0.313 e. The van der Waals surface area contributed by atoms with Crippen LogP contribution in [0, 0.1) is 10.1 Å². The number of hydrogen-bond donors (Lipinski definition) is 0. The summed E-state index contributed by atoms with van der Waals surface area (Å²) in [5.74, 6) is -1.63. The summed E-state index contributed by atoms with van der Waals surface area (Å²) < 4.78 is 9.45. The normalized spacial score (nSPS) is 12.2. The van der Waals surface area contributed by atoms with E-state index in [1.54, 1.807) is 6.92 Å². The second-order valence-electron chi connectivity index (χ2n) is 3.53. The molecule has 0 heterocycles. The lowest BCUT2D eigenvalue weighted by Crippen LogP contribution is -2.14. The van der Waals surface area contributed by atoms with E-state index in [4.69, 9.17) is 4.74 Å². The number of aliphatic imine (C=N–C) groups is 1. The van der Waals surface area contributed by atoms with E-state index in [-0.39, 0.29) is 23.8 Å². The van der Waals surface area contributed by atoms with Gasteiger partial charge >= 0.3 is 5.97 Å². The van der Waals surface area contributed by atoms with Crippen LogP contribution in [0.1, 0.15) is 20.3 Å². The van der Waals surface area contributed by atoms with Crippen molar-refractivity contribution in [1.82, 2.24) is 0 Å². The molecular weight excluding hydrogens is 268 g/mol. The zero-order valence-electron chi connectivity index (χ0n) is 11.5. The van der Waals surface area contributed by atoms with Gasteiger partial charge in [0.15, 0.2) is 5.78 Å². The molecule has 8 nitrogen and oxygen atoms in total. The first-order valence-corrected chi connectivity index (χ1v) is 5.63. The molecule has 0 saturated carbocycles. The molecule has 0 amide bonds. The molecule has 0 N–H and O–H groups in total. The van der Waals surface area contributed by atoms with Gasteiger partial charge in [-0.2, -0.15) is 0 Å².